The maximum absolute atomic E-state index is 13.9. The van der Waals surface area contributed by atoms with Gasteiger partial charge in [0.2, 0.25) is 0 Å². The third-order valence-electron chi connectivity index (χ3n) is 7.75. The molecule has 1 aromatic carbocycles. The van der Waals surface area contributed by atoms with Crippen molar-refractivity contribution in [1.82, 2.24) is 24.4 Å². The van der Waals surface area contributed by atoms with E-state index in [1.165, 1.54) is 12.4 Å². The van der Waals surface area contributed by atoms with Crippen LogP contribution in [0, 0.1) is 5.82 Å². The molecule has 0 spiro atoms. The first kappa shape index (κ1) is 28.2. The highest BCUT2D eigenvalue weighted by Crippen LogP contribution is 2.36. The minimum atomic E-state index is -4.85. The molecule has 0 unspecified atom stereocenters. The number of nitrogen functional groups attached to an aromatic ring is 1. The molecule has 0 bridgehead atoms. The molecule has 0 aliphatic carbocycles. The summed E-state index contributed by atoms with van der Waals surface area (Å²) in [6, 6.07) is 2.83. The summed E-state index contributed by atoms with van der Waals surface area (Å²) >= 11 is 0. The summed E-state index contributed by atoms with van der Waals surface area (Å²) in [7, 11) is 0. The quantitative estimate of drug-likeness (QED) is 0.387. The smallest absolute Gasteiger partial charge is 0.383 e. The van der Waals surface area contributed by atoms with Gasteiger partial charge in [0, 0.05) is 62.4 Å². The molecule has 0 saturated carbocycles. The van der Waals surface area contributed by atoms with Crippen LogP contribution in [0.3, 0.4) is 0 Å². The number of hydrogen-bond donors (Lipinski definition) is 1. The van der Waals surface area contributed by atoms with Crippen molar-refractivity contribution in [1.29, 1.82) is 0 Å². The fourth-order valence-corrected chi connectivity index (χ4v) is 5.60. The van der Waals surface area contributed by atoms with Crippen LogP contribution >= 0.6 is 0 Å². The highest BCUT2D eigenvalue weighted by Gasteiger charge is 2.38. The van der Waals surface area contributed by atoms with Crippen LogP contribution in [0.15, 0.2) is 30.7 Å². The van der Waals surface area contributed by atoms with E-state index in [-0.39, 0.29) is 36.7 Å². The van der Waals surface area contributed by atoms with Crippen molar-refractivity contribution >= 4 is 11.6 Å². The van der Waals surface area contributed by atoms with Crippen molar-refractivity contribution in [2.75, 3.05) is 43.4 Å². The lowest BCUT2D eigenvalue weighted by atomic mass is 9.95. The molecule has 2 aliphatic rings. The summed E-state index contributed by atoms with van der Waals surface area (Å²) in [5, 5.41) is 0. The van der Waals surface area contributed by atoms with Crippen LogP contribution in [0.25, 0.3) is 11.3 Å². The molecule has 2 fully saturated rings. The monoisotopic (exact) mass is 567 g/mol. The second-order valence-electron chi connectivity index (χ2n) is 10.4. The van der Waals surface area contributed by atoms with Crippen molar-refractivity contribution in [3.05, 3.63) is 53.5 Å². The van der Waals surface area contributed by atoms with Gasteiger partial charge in [-0.05, 0) is 37.5 Å². The molecular formula is C27H31F6N7. The average Bonchev–Trinajstić information content (AvgIpc) is 3.49. The van der Waals surface area contributed by atoms with Gasteiger partial charge in [-0.15, -0.1) is 0 Å². The Kier molecular flexibility index (Phi) is 7.68. The van der Waals surface area contributed by atoms with Crippen LogP contribution in [0.5, 0.6) is 0 Å². The second-order valence-corrected chi connectivity index (χ2v) is 10.4. The van der Waals surface area contributed by atoms with Gasteiger partial charge in [0.1, 0.15) is 29.6 Å². The summed E-state index contributed by atoms with van der Waals surface area (Å²) in [6.07, 6.45) is 0.115. The predicted molar refractivity (Wildman–Crippen MR) is 139 cm³/mol. The number of halogens is 6. The van der Waals surface area contributed by atoms with Gasteiger partial charge in [-0.3, -0.25) is 4.90 Å². The van der Waals surface area contributed by atoms with E-state index in [0.29, 0.717) is 57.1 Å². The number of piperidine rings is 1. The van der Waals surface area contributed by atoms with Crippen molar-refractivity contribution in [3.8, 4) is 11.3 Å². The lowest BCUT2D eigenvalue weighted by molar-refractivity contribution is -0.139. The average molecular weight is 568 g/mol. The highest BCUT2D eigenvalue weighted by atomic mass is 19.4. The van der Waals surface area contributed by atoms with Crippen LogP contribution in [0.4, 0.5) is 38.0 Å². The Bertz CT molecular complexity index is 1350. The molecule has 13 heteroatoms. The number of aromatic nitrogens is 4. The van der Waals surface area contributed by atoms with E-state index in [1.807, 2.05) is 11.5 Å². The van der Waals surface area contributed by atoms with E-state index in [0.717, 1.165) is 23.5 Å². The molecule has 0 amide bonds. The Hall–Kier alpha value is -3.35. The predicted octanol–water partition coefficient (Wildman–Crippen LogP) is 5.37. The van der Waals surface area contributed by atoms with Crippen LogP contribution in [-0.2, 0) is 19.1 Å². The standard InChI is InChI=1S/C27H31F6N7/c1-2-19-23(34)35-16-36-25(19)39-8-5-17(6-9-39)24-37-22(18-3-4-21(28)20(13-18)27(31,32)33)14-40(24)12-11-38-10-7-26(29,30)15-38/h3-4,13-14,16-17H,2,5-12,15H2,1H3,(H2,34,35,36). The third-order valence-corrected chi connectivity index (χ3v) is 7.75. The minimum absolute atomic E-state index is 0.0168. The normalized spacial score (nSPS) is 18.5. The van der Waals surface area contributed by atoms with Crippen molar-refractivity contribution < 1.29 is 26.3 Å². The molecule has 0 atom stereocenters. The van der Waals surface area contributed by atoms with Gasteiger partial charge in [0.25, 0.3) is 5.92 Å². The van der Waals surface area contributed by atoms with E-state index in [4.69, 9.17) is 10.7 Å². The van der Waals surface area contributed by atoms with Crippen LogP contribution in [-0.4, -0.2) is 63.1 Å². The molecule has 5 rings (SSSR count). The van der Waals surface area contributed by atoms with E-state index in [9.17, 15) is 26.3 Å². The maximum atomic E-state index is 13.9. The van der Waals surface area contributed by atoms with Gasteiger partial charge < -0.3 is 15.2 Å². The van der Waals surface area contributed by atoms with Crippen molar-refractivity contribution in [3.63, 3.8) is 0 Å². The van der Waals surface area contributed by atoms with E-state index in [2.05, 4.69) is 14.9 Å². The van der Waals surface area contributed by atoms with E-state index in [1.54, 1.807) is 11.1 Å². The molecule has 2 saturated heterocycles. The van der Waals surface area contributed by atoms with E-state index < -0.39 is 23.5 Å². The first-order chi connectivity index (χ1) is 18.9. The SMILES string of the molecule is CCc1c(N)ncnc1N1CCC(c2nc(-c3ccc(F)c(C(F)(F)F)c3)cn2CCN2CCC(F)(F)C2)CC1. The highest BCUT2D eigenvalue weighted by molar-refractivity contribution is 5.61. The zero-order valence-corrected chi connectivity index (χ0v) is 22.1. The number of rotatable bonds is 7. The van der Waals surface area contributed by atoms with Crippen LogP contribution in [0.2, 0.25) is 0 Å². The number of nitrogens with two attached hydrogens (primary N) is 1. The number of likely N-dealkylation sites (tertiary alicyclic amines) is 1. The first-order valence-electron chi connectivity index (χ1n) is 13.3. The minimum Gasteiger partial charge on any atom is -0.383 e. The van der Waals surface area contributed by atoms with Crippen molar-refractivity contribution in [2.24, 2.45) is 0 Å². The lowest BCUT2D eigenvalue weighted by Gasteiger charge is -2.34. The molecule has 216 valence electrons. The molecule has 0 radical (unpaired) electrons. The number of hydrogen-bond acceptors (Lipinski definition) is 6. The van der Waals surface area contributed by atoms with Crippen LogP contribution in [0.1, 0.15) is 49.1 Å². The largest absolute Gasteiger partial charge is 0.419 e. The molecule has 7 nitrogen and oxygen atoms in total. The van der Waals surface area contributed by atoms with E-state index >= 15 is 0 Å². The molecular weight excluding hydrogens is 536 g/mol. The van der Waals surface area contributed by atoms with Gasteiger partial charge in [-0.25, -0.2) is 28.1 Å². The number of alkyl halides is 5. The molecule has 2 N–H and O–H groups in total. The summed E-state index contributed by atoms with van der Waals surface area (Å²) in [5.74, 6) is -2.18. The summed E-state index contributed by atoms with van der Waals surface area (Å²) < 4.78 is 83.4. The number of imidazole rings is 1. The van der Waals surface area contributed by atoms with Gasteiger partial charge in [-0.2, -0.15) is 13.2 Å². The Morgan fingerprint density at radius 1 is 1.07 bits per heavy atom. The summed E-state index contributed by atoms with van der Waals surface area (Å²) in [5.41, 5.74) is 5.99. The Morgan fingerprint density at radius 3 is 2.48 bits per heavy atom. The summed E-state index contributed by atoms with van der Waals surface area (Å²) in [4.78, 5) is 17.1. The molecule has 3 aromatic rings. The third kappa shape index (κ3) is 5.89. The summed E-state index contributed by atoms with van der Waals surface area (Å²) in [6.45, 7) is 3.96. The Balaban J connectivity index is 1.40. The topological polar surface area (TPSA) is 76.1 Å². The second kappa shape index (κ2) is 10.9. The van der Waals surface area contributed by atoms with Crippen molar-refractivity contribution in [2.45, 2.75) is 57.2 Å². The Labute approximate surface area is 228 Å². The van der Waals surface area contributed by atoms with Gasteiger partial charge >= 0.3 is 6.18 Å². The fraction of sp³-hybridized carbons (Fsp3) is 0.519. The maximum Gasteiger partial charge on any atom is 0.419 e. The number of nitrogens with zero attached hydrogens (tertiary/aromatic N) is 6. The molecule has 2 aromatic heterocycles. The van der Waals surface area contributed by atoms with Gasteiger partial charge in [0.05, 0.1) is 17.8 Å². The lowest BCUT2D eigenvalue weighted by Crippen LogP contribution is -2.35. The van der Waals surface area contributed by atoms with Gasteiger partial charge in [0.15, 0.2) is 0 Å². The zero-order chi connectivity index (χ0) is 28.7. The number of anilines is 2. The molecule has 40 heavy (non-hydrogen) atoms. The number of benzene rings is 1. The Morgan fingerprint density at radius 2 is 1.82 bits per heavy atom. The molecule has 2 aliphatic heterocycles. The molecule has 4 heterocycles. The van der Waals surface area contributed by atoms with Crippen LogP contribution < -0.4 is 10.6 Å². The zero-order valence-electron chi connectivity index (χ0n) is 22.1. The first-order valence-corrected chi connectivity index (χ1v) is 13.3. The fourth-order valence-electron chi connectivity index (χ4n) is 5.60. The van der Waals surface area contributed by atoms with Gasteiger partial charge in [-0.1, -0.05) is 6.92 Å².